The van der Waals surface area contributed by atoms with Crippen LogP contribution in [0.3, 0.4) is 0 Å². The van der Waals surface area contributed by atoms with Gasteiger partial charge in [0.1, 0.15) is 5.76 Å². The van der Waals surface area contributed by atoms with Crippen LogP contribution in [0.25, 0.3) is 11.4 Å². The maximum Gasteiger partial charge on any atom is 0.228 e. The lowest BCUT2D eigenvalue weighted by molar-refractivity contribution is -0.139. The number of rotatable bonds is 9. The second-order valence-electron chi connectivity index (χ2n) is 7.30. The fourth-order valence-electron chi connectivity index (χ4n) is 3.45. The Hall–Kier alpha value is -3.29. The van der Waals surface area contributed by atoms with Gasteiger partial charge < -0.3 is 23.3 Å². The van der Waals surface area contributed by atoms with Crippen LogP contribution >= 0.6 is 0 Å². The Labute approximate surface area is 174 Å². The molecule has 0 saturated heterocycles. The van der Waals surface area contributed by atoms with Crippen LogP contribution in [0.15, 0.2) is 45.5 Å². The van der Waals surface area contributed by atoms with Crippen molar-refractivity contribution in [3.63, 3.8) is 0 Å². The molecule has 0 atom stereocenters. The number of furan rings is 1. The minimum Gasteiger partial charge on any atom is -0.493 e. The summed E-state index contributed by atoms with van der Waals surface area (Å²) >= 11 is 0. The molecule has 1 aromatic carbocycles. The molecule has 158 valence electrons. The van der Waals surface area contributed by atoms with E-state index in [2.05, 4.69) is 10.1 Å². The fraction of sp³-hybridized carbons (Fsp3) is 0.409. The highest BCUT2D eigenvalue weighted by molar-refractivity contribution is 5.79. The van der Waals surface area contributed by atoms with E-state index in [1.165, 1.54) is 0 Å². The van der Waals surface area contributed by atoms with E-state index in [1.54, 1.807) is 32.6 Å². The van der Waals surface area contributed by atoms with Crippen LogP contribution in [-0.4, -0.2) is 41.7 Å². The molecule has 0 N–H and O–H groups in total. The number of carbonyl (C=O) groups excluding carboxylic acids is 1. The van der Waals surface area contributed by atoms with E-state index in [9.17, 15) is 4.79 Å². The Morgan fingerprint density at radius 3 is 2.70 bits per heavy atom. The van der Waals surface area contributed by atoms with Crippen molar-refractivity contribution in [3.8, 4) is 22.9 Å². The van der Waals surface area contributed by atoms with E-state index in [1.807, 2.05) is 23.1 Å². The van der Waals surface area contributed by atoms with Crippen molar-refractivity contribution in [2.75, 3.05) is 20.8 Å². The van der Waals surface area contributed by atoms with Crippen LogP contribution in [0.1, 0.15) is 30.9 Å². The van der Waals surface area contributed by atoms with Gasteiger partial charge in [-0.3, -0.25) is 4.79 Å². The number of hydrogen-bond donors (Lipinski definition) is 0. The molecule has 1 aliphatic rings. The quantitative estimate of drug-likeness (QED) is 0.530. The standard InChI is InChI=1S/C22H25N3O5/c1-27-18-9-8-16(13-19(18)28-2)21-23-20(30-24-21)10-11-25(14-17-7-4-12-29-17)22(26)15-5-3-6-15/h4,7-9,12-13,15H,3,5-6,10-11,14H2,1-2H3. The number of methoxy groups -OCH3 is 2. The molecule has 1 amide bonds. The Morgan fingerprint density at radius 2 is 2.03 bits per heavy atom. The summed E-state index contributed by atoms with van der Waals surface area (Å²) in [6, 6.07) is 9.15. The normalized spacial score (nSPS) is 13.7. The van der Waals surface area contributed by atoms with Gasteiger partial charge in [0.2, 0.25) is 17.6 Å². The third-order valence-electron chi connectivity index (χ3n) is 5.40. The van der Waals surface area contributed by atoms with Crippen LogP contribution in [0.4, 0.5) is 0 Å². The van der Waals surface area contributed by atoms with Crippen molar-refractivity contribution in [2.45, 2.75) is 32.2 Å². The largest absolute Gasteiger partial charge is 0.493 e. The fourth-order valence-corrected chi connectivity index (χ4v) is 3.45. The number of hydrogen-bond acceptors (Lipinski definition) is 7. The third kappa shape index (κ3) is 4.32. The molecule has 8 nitrogen and oxygen atoms in total. The van der Waals surface area contributed by atoms with Gasteiger partial charge in [-0.25, -0.2) is 0 Å². The molecule has 1 aliphatic carbocycles. The van der Waals surface area contributed by atoms with Gasteiger partial charge in [-0.2, -0.15) is 4.98 Å². The summed E-state index contributed by atoms with van der Waals surface area (Å²) in [5.74, 6) is 3.21. The van der Waals surface area contributed by atoms with E-state index < -0.39 is 0 Å². The smallest absolute Gasteiger partial charge is 0.228 e. The average molecular weight is 411 g/mol. The summed E-state index contributed by atoms with van der Waals surface area (Å²) in [5, 5.41) is 4.07. The molecule has 2 aromatic heterocycles. The van der Waals surface area contributed by atoms with Gasteiger partial charge in [0, 0.05) is 24.4 Å². The molecule has 3 aromatic rings. The van der Waals surface area contributed by atoms with E-state index in [-0.39, 0.29) is 11.8 Å². The van der Waals surface area contributed by atoms with Crippen molar-refractivity contribution < 1.29 is 23.2 Å². The van der Waals surface area contributed by atoms with Crippen LogP contribution < -0.4 is 9.47 Å². The molecule has 2 heterocycles. The SMILES string of the molecule is COc1ccc(-c2noc(CCN(Cc3ccco3)C(=O)C3CCC3)n2)cc1OC. The number of benzene rings is 1. The lowest BCUT2D eigenvalue weighted by Crippen LogP contribution is -2.39. The summed E-state index contributed by atoms with van der Waals surface area (Å²) in [6.07, 6.45) is 5.12. The zero-order valence-electron chi connectivity index (χ0n) is 17.2. The Bertz CT molecular complexity index is 979. The summed E-state index contributed by atoms with van der Waals surface area (Å²) < 4.78 is 21.4. The van der Waals surface area contributed by atoms with Crippen molar-refractivity contribution in [1.82, 2.24) is 15.0 Å². The van der Waals surface area contributed by atoms with E-state index in [0.29, 0.717) is 42.7 Å². The van der Waals surface area contributed by atoms with Crippen molar-refractivity contribution >= 4 is 5.91 Å². The Morgan fingerprint density at radius 1 is 1.20 bits per heavy atom. The minimum absolute atomic E-state index is 0.116. The van der Waals surface area contributed by atoms with E-state index in [0.717, 1.165) is 30.6 Å². The Kier molecular flexibility index (Phi) is 6.02. The number of carbonyl (C=O) groups is 1. The highest BCUT2D eigenvalue weighted by atomic mass is 16.5. The summed E-state index contributed by atoms with van der Waals surface area (Å²) in [6.45, 7) is 0.933. The minimum atomic E-state index is 0.116. The first-order valence-electron chi connectivity index (χ1n) is 10.0. The first-order valence-corrected chi connectivity index (χ1v) is 10.0. The molecule has 1 fully saturated rings. The van der Waals surface area contributed by atoms with Crippen LogP contribution in [-0.2, 0) is 17.8 Å². The van der Waals surface area contributed by atoms with Gasteiger partial charge in [0.05, 0.1) is 27.0 Å². The number of aromatic nitrogens is 2. The van der Waals surface area contributed by atoms with E-state index >= 15 is 0 Å². The summed E-state index contributed by atoms with van der Waals surface area (Å²) in [7, 11) is 3.17. The highest BCUT2D eigenvalue weighted by Crippen LogP contribution is 2.31. The molecule has 1 saturated carbocycles. The molecule has 30 heavy (non-hydrogen) atoms. The molecular formula is C22H25N3O5. The Balaban J connectivity index is 1.44. The first-order chi connectivity index (χ1) is 14.7. The number of nitrogens with zero attached hydrogens (tertiary/aromatic N) is 3. The molecular weight excluding hydrogens is 386 g/mol. The van der Waals surface area contributed by atoms with E-state index in [4.69, 9.17) is 18.4 Å². The number of ether oxygens (including phenoxy) is 2. The van der Waals surface area contributed by atoms with Crippen LogP contribution in [0.2, 0.25) is 0 Å². The van der Waals surface area contributed by atoms with Gasteiger partial charge in [-0.15, -0.1) is 0 Å². The second-order valence-corrected chi connectivity index (χ2v) is 7.30. The highest BCUT2D eigenvalue weighted by Gasteiger charge is 2.30. The monoisotopic (exact) mass is 411 g/mol. The zero-order chi connectivity index (χ0) is 20.9. The number of amides is 1. The maximum absolute atomic E-state index is 12.8. The predicted octanol–water partition coefficient (Wildman–Crippen LogP) is 3.72. The van der Waals surface area contributed by atoms with Gasteiger partial charge in [0.15, 0.2) is 11.5 Å². The van der Waals surface area contributed by atoms with Crippen molar-refractivity contribution in [2.24, 2.45) is 5.92 Å². The second kappa shape index (κ2) is 9.02. The molecule has 0 aliphatic heterocycles. The van der Waals surface area contributed by atoms with Crippen molar-refractivity contribution in [1.29, 1.82) is 0 Å². The van der Waals surface area contributed by atoms with Gasteiger partial charge in [-0.1, -0.05) is 11.6 Å². The van der Waals surface area contributed by atoms with Crippen LogP contribution in [0, 0.1) is 5.92 Å². The molecule has 0 radical (unpaired) electrons. The van der Waals surface area contributed by atoms with Gasteiger partial charge in [0.25, 0.3) is 0 Å². The maximum atomic E-state index is 12.8. The van der Waals surface area contributed by atoms with Gasteiger partial charge in [-0.05, 0) is 43.2 Å². The first kappa shape index (κ1) is 20.0. The zero-order valence-corrected chi connectivity index (χ0v) is 17.2. The molecule has 4 rings (SSSR count). The van der Waals surface area contributed by atoms with Gasteiger partial charge >= 0.3 is 0 Å². The summed E-state index contributed by atoms with van der Waals surface area (Å²) in [4.78, 5) is 19.1. The third-order valence-corrected chi connectivity index (χ3v) is 5.40. The predicted molar refractivity (Wildman–Crippen MR) is 108 cm³/mol. The van der Waals surface area contributed by atoms with Crippen LogP contribution in [0.5, 0.6) is 11.5 Å². The summed E-state index contributed by atoms with van der Waals surface area (Å²) in [5.41, 5.74) is 0.764. The average Bonchev–Trinajstić information content (AvgIpc) is 3.41. The molecule has 0 unspecified atom stereocenters. The van der Waals surface area contributed by atoms with Crippen molar-refractivity contribution in [3.05, 3.63) is 48.2 Å². The lowest BCUT2D eigenvalue weighted by atomic mass is 9.84. The topological polar surface area (TPSA) is 90.8 Å². The lowest BCUT2D eigenvalue weighted by Gasteiger charge is -2.31. The molecule has 0 bridgehead atoms. The molecule has 8 heteroatoms. The molecule has 0 spiro atoms.